The lowest BCUT2D eigenvalue weighted by Gasteiger charge is -2.40. The number of nitriles is 1. The summed E-state index contributed by atoms with van der Waals surface area (Å²) in [5, 5.41) is 20.5. The van der Waals surface area contributed by atoms with Crippen molar-refractivity contribution in [3.05, 3.63) is 87.2 Å². The van der Waals surface area contributed by atoms with Crippen LogP contribution in [0.2, 0.25) is 0 Å². The molecule has 266 valence electrons. The number of esters is 2. The first-order valence-corrected chi connectivity index (χ1v) is 17.0. The molecule has 2 aliphatic heterocycles. The van der Waals surface area contributed by atoms with Crippen LogP contribution in [0.3, 0.4) is 0 Å². The Hall–Kier alpha value is -4.93. The minimum Gasteiger partial charge on any atom is -0.465 e. The number of hydrogen-bond donors (Lipinski definition) is 0. The van der Waals surface area contributed by atoms with Gasteiger partial charge in [0.15, 0.2) is 0 Å². The number of carbonyl (C=O) groups is 3. The molecule has 13 heteroatoms. The summed E-state index contributed by atoms with van der Waals surface area (Å²) < 4.78 is 16.5. The molecule has 13 nitrogen and oxygen atoms in total. The highest BCUT2D eigenvalue weighted by Crippen LogP contribution is 2.42. The van der Waals surface area contributed by atoms with E-state index < -0.39 is 28.1 Å². The molecular weight excluding hydrogens is 642 g/mol. The fourth-order valence-electron chi connectivity index (χ4n) is 6.92. The summed E-state index contributed by atoms with van der Waals surface area (Å²) in [7, 11) is 1.52. The van der Waals surface area contributed by atoms with Crippen molar-refractivity contribution in [2.45, 2.75) is 57.3 Å². The lowest BCUT2D eigenvalue weighted by atomic mass is 9.72. The van der Waals surface area contributed by atoms with Gasteiger partial charge in [-0.2, -0.15) is 5.26 Å². The van der Waals surface area contributed by atoms with E-state index in [-0.39, 0.29) is 31.3 Å². The lowest BCUT2D eigenvalue weighted by Crippen LogP contribution is -2.48. The first-order valence-electron chi connectivity index (χ1n) is 17.0. The van der Waals surface area contributed by atoms with Crippen LogP contribution in [-0.2, 0) is 34.0 Å². The molecule has 2 aromatic rings. The number of rotatable bonds is 17. The molecule has 2 aromatic carbocycles. The van der Waals surface area contributed by atoms with Crippen molar-refractivity contribution < 1.29 is 33.5 Å². The minimum atomic E-state index is -0.936. The fourth-order valence-corrected chi connectivity index (χ4v) is 6.92. The summed E-state index contributed by atoms with van der Waals surface area (Å²) >= 11 is 0. The third-order valence-electron chi connectivity index (χ3n) is 9.39. The van der Waals surface area contributed by atoms with Gasteiger partial charge in [-0.25, -0.2) is 0 Å². The Bertz CT molecular complexity index is 1590. The second-order valence-electron chi connectivity index (χ2n) is 12.3. The fraction of sp³-hybridized carbons (Fsp3) is 0.486. The molecule has 2 unspecified atom stereocenters. The van der Waals surface area contributed by atoms with Gasteiger partial charge in [-0.05, 0) is 63.4 Å². The van der Waals surface area contributed by atoms with Crippen LogP contribution in [0.15, 0.2) is 71.0 Å². The summed E-state index contributed by atoms with van der Waals surface area (Å²) in [5.41, 5.74) is 2.15. The number of hydrogen-bond acceptors (Lipinski definition) is 11. The van der Waals surface area contributed by atoms with E-state index in [1.54, 1.807) is 17.0 Å². The Balaban J connectivity index is 1.60. The normalized spacial score (nSPS) is 18.8. The quantitative estimate of drug-likeness (QED) is 0.0733. The van der Waals surface area contributed by atoms with E-state index in [2.05, 4.69) is 4.90 Å². The van der Waals surface area contributed by atoms with Crippen molar-refractivity contribution in [1.29, 1.82) is 5.26 Å². The van der Waals surface area contributed by atoms with Crippen LogP contribution in [0.1, 0.15) is 63.0 Å². The Kier molecular flexibility index (Phi) is 13.8. The van der Waals surface area contributed by atoms with Gasteiger partial charge in [-0.3, -0.25) is 29.5 Å². The second-order valence-corrected chi connectivity index (χ2v) is 12.3. The van der Waals surface area contributed by atoms with E-state index in [9.17, 15) is 24.5 Å². The molecule has 0 saturated carbocycles. The van der Waals surface area contributed by atoms with Crippen LogP contribution in [-0.4, -0.2) is 91.9 Å². The van der Waals surface area contributed by atoms with Crippen molar-refractivity contribution in [3.63, 3.8) is 0 Å². The average molecular weight is 688 g/mol. The van der Waals surface area contributed by atoms with Crippen molar-refractivity contribution in [2.75, 3.05) is 53.1 Å². The van der Waals surface area contributed by atoms with Gasteiger partial charge >= 0.3 is 11.9 Å². The van der Waals surface area contributed by atoms with E-state index in [1.165, 1.54) is 19.2 Å². The first-order chi connectivity index (χ1) is 24.2. The van der Waals surface area contributed by atoms with Crippen molar-refractivity contribution in [3.8, 4) is 6.07 Å². The lowest BCUT2D eigenvalue weighted by molar-refractivity contribution is -0.384. The number of nitro benzene ring substituents is 1. The zero-order valence-electron chi connectivity index (χ0n) is 28.9. The maximum atomic E-state index is 13.7. The van der Waals surface area contributed by atoms with Crippen molar-refractivity contribution >= 4 is 29.7 Å². The number of nitro groups is 1. The number of carbonyl (C=O) groups excluding carboxylic acids is 3. The number of amides is 1. The summed E-state index contributed by atoms with van der Waals surface area (Å²) in [6.45, 7) is 6.21. The number of ether oxygens (including phenoxy) is 3. The highest BCUT2D eigenvalue weighted by molar-refractivity contribution is 6.05. The SMILES string of the molecule is CCOC(=O)C1(c2ccccc2)CCN(CCCN(C=O)C2=C(COC)N=C(CC)C(C(=O)OCCC#N)C2c2ccc([N+](=O)[O-])cc2)CC1. The van der Waals surface area contributed by atoms with Gasteiger partial charge < -0.3 is 24.0 Å². The highest BCUT2D eigenvalue weighted by Gasteiger charge is 2.45. The summed E-state index contributed by atoms with van der Waals surface area (Å²) in [5.74, 6) is -2.51. The highest BCUT2D eigenvalue weighted by atomic mass is 16.6. The molecule has 2 atom stereocenters. The number of nitrogens with zero attached hydrogens (tertiary/aromatic N) is 5. The van der Waals surface area contributed by atoms with Crippen LogP contribution in [0.25, 0.3) is 0 Å². The molecule has 50 heavy (non-hydrogen) atoms. The molecule has 0 spiro atoms. The number of aliphatic imine (C=N–C) groups is 1. The average Bonchev–Trinajstić information content (AvgIpc) is 3.14. The molecular formula is C37H45N5O8. The Morgan fingerprint density at radius 1 is 1.12 bits per heavy atom. The molecule has 0 bridgehead atoms. The third-order valence-corrected chi connectivity index (χ3v) is 9.39. The zero-order valence-corrected chi connectivity index (χ0v) is 28.9. The minimum absolute atomic E-state index is 0.0140. The maximum absolute atomic E-state index is 13.7. The summed E-state index contributed by atoms with van der Waals surface area (Å²) in [6, 6.07) is 17.6. The van der Waals surface area contributed by atoms with E-state index in [0.717, 1.165) is 5.56 Å². The molecule has 0 radical (unpaired) electrons. The van der Waals surface area contributed by atoms with Gasteiger partial charge in [0.05, 0.1) is 47.4 Å². The molecule has 0 N–H and O–H groups in total. The number of likely N-dealkylation sites (tertiary alicyclic amines) is 1. The van der Waals surface area contributed by atoms with E-state index in [0.29, 0.717) is 87.5 Å². The van der Waals surface area contributed by atoms with Gasteiger partial charge in [-0.1, -0.05) is 49.4 Å². The predicted molar refractivity (Wildman–Crippen MR) is 185 cm³/mol. The molecule has 1 amide bonds. The number of non-ortho nitro benzene ring substituents is 1. The number of allylic oxidation sites excluding steroid dienone is 1. The Morgan fingerprint density at radius 3 is 2.40 bits per heavy atom. The van der Waals surface area contributed by atoms with E-state index >= 15 is 0 Å². The van der Waals surface area contributed by atoms with E-state index in [1.807, 2.05) is 50.2 Å². The molecule has 0 aliphatic carbocycles. The smallest absolute Gasteiger partial charge is 0.316 e. The number of benzene rings is 2. The van der Waals surface area contributed by atoms with E-state index in [4.69, 9.17) is 24.5 Å². The van der Waals surface area contributed by atoms with Gasteiger partial charge in [0.1, 0.15) is 12.5 Å². The van der Waals surface area contributed by atoms with Gasteiger partial charge in [0.25, 0.3) is 5.69 Å². The third kappa shape index (κ3) is 8.61. The summed E-state index contributed by atoms with van der Waals surface area (Å²) in [4.78, 5) is 59.3. The van der Waals surface area contributed by atoms with Gasteiger partial charge in [0, 0.05) is 37.4 Å². The molecule has 1 saturated heterocycles. The van der Waals surface area contributed by atoms with Gasteiger partial charge in [-0.15, -0.1) is 0 Å². The molecule has 1 fully saturated rings. The first kappa shape index (κ1) is 37.9. The Labute approximate surface area is 292 Å². The largest absolute Gasteiger partial charge is 0.465 e. The molecule has 2 aliphatic rings. The van der Waals surface area contributed by atoms with Crippen LogP contribution in [0.5, 0.6) is 0 Å². The molecule has 0 aromatic heterocycles. The molecule has 2 heterocycles. The standard InChI is InChI=1S/C37H45N5O8/c1-4-30-33(35(44)50-24-9-19-38)32(27-13-15-29(16-14-27)42(46)47)34(31(39-30)25-48-3)41(26-43)21-10-20-40-22-17-37(18-23-40,36(45)49-5-2)28-11-7-6-8-12-28/h6-8,11-16,26,32-33H,4-5,9-10,17-18,20-25H2,1-3H3. The zero-order chi connectivity index (χ0) is 36.1. The van der Waals surface area contributed by atoms with Crippen molar-refractivity contribution in [2.24, 2.45) is 10.9 Å². The van der Waals surface area contributed by atoms with Crippen LogP contribution >= 0.6 is 0 Å². The maximum Gasteiger partial charge on any atom is 0.316 e. The van der Waals surface area contributed by atoms with Crippen LogP contribution < -0.4 is 0 Å². The second kappa shape index (κ2) is 18.2. The van der Waals surface area contributed by atoms with Crippen molar-refractivity contribution in [1.82, 2.24) is 9.80 Å². The van der Waals surface area contributed by atoms with Crippen LogP contribution in [0.4, 0.5) is 5.69 Å². The topological polar surface area (TPSA) is 165 Å². The van der Waals surface area contributed by atoms with Gasteiger partial charge in [0.2, 0.25) is 6.41 Å². The predicted octanol–water partition coefficient (Wildman–Crippen LogP) is 4.92. The monoisotopic (exact) mass is 687 g/mol. The summed E-state index contributed by atoms with van der Waals surface area (Å²) in [6.07, 6.45) is 2.90. The Morgan fingerprint density at radius 2 is 1.82 bits per heavy atom. The number of piperidine rings is 1. The molecule has 4 rings (SSSR count). The number of methoxy groups -OCH3 is 1. The van der Waals surface area contributed by atoms with Crippen LogP contribution in [0, 0.1) is 27.4 Å².